The monoisotopic (exact) mass is 518 g/mol. The Kier molecular flexibility index (Phi) is 28.6. The largest absolute Gasteiger partial charge is 0.465 e. The van der Waals surface area contributed by atoms with Crippen LogP contribution in [0.5, 0.6) is 0 Å². The van der Waals surface area contributed by atoms with Gasteiger partial charge in [-0.1, -0.05) is 151 Å². The van der Waals surface area contributed by atoms with Gasteiger partial charge in [0.15, 0.2) is 0 Å². The lowest BCUT2D eigenvalue weighted by Gasteiger charge is -2.06. The van der Waals surface area contributed by atoms with E-state index in [0.29, 0.717) is 13.2 Å². The van der Waals surface area contributed by atoms with Crippen LogP contribution in [0.25, 0.3) is 0 Å². The predicted molar refractivity (Wildman–Crippen MR) is 151 cm³/mol. The second-order valence-electron chi connectivity index (χ2n) is 9.33. The fourth-order valence-electron chi connectivity index (χ4n) is 3.81. The van der Waals surface area contributed by atoms with Gasteiger partial charge in [-0.05, 0) is 12.8 Å². The summed E-state index contributed by atoms with van der Waals surface area (Å²) in [6, 6.07) is 0. The van der Waals surface area contributed by atoms with E-state index < -0.39 is 0 Å². The lowest BCUT2D eigenvalue weighted by atomic mass is 10.1. The molecule has 0 saturated heterocycles. The maximum atomic E-state index is 11.8. The van der Waals surface area contributed by atoms with Crippen molar-refractivity contribution in [3.8, 4) is 0 Å². The molecule has 0 aromatic carbocycles. The number of esters is 2. The molecule has 4 nitrogen and oxygen atoms in total. The van der Waals surface area contributed by atoms with Crippen molar-refractivity contribution in [1.82, 2.24) is 0 Å². The molecule has 0 atom stereocenters. The Morgan fingerprint density at radius 2 is 0.706 bits per heavy atom. The molecule has 0 saturated carbocycles. The Morgan fingerprint density at radius 1 is 0.441 bits per heavy atom. The Labute approximate surface area is 219 Å². The first kappa shape index (κ1) is 33.6. The van der Waals surface area contributed by atoms with E-state index in [1.807, 2.05) is 0 Å². The minimum Gasteiger partial charge on any atom is -0.465 e. The van der Waals surface area contributed by atoms with Crippen LogP contribution < -0.4 is 0 Å². The lowest BCUT2D eigenvalue weighted by Crippen LogP contribution is -2.10. The van der Waals surface area contributed by atoms with Crippen molar-refractivity contribution in [2.45, 2.75) is 142 Å². The number of hydrogen-bond acceptors (Lipinski definition) is 6. The van der Waals surface area contributed by atoms with E-state index in [2.05, 4.69) is 13.8 Å². The van der Waals surface area contributed by atoms with Gasteiger partial charge in [-0.25, -0.2) is 0 Å². The zero-order chi connectivity index (χ0) is 25.0. The van der Waals surface area contributed by atoms with Crippen LogP contribution in [0.1, 0.15) is 142 Å². The van der Waals surface area contributed by atoms with E-state index in [-0.39, 0.29) is 23.4 Å². The summed E-state index contributed by atoms with van der Waals surface area (Å²) in [5.41, 5.74) is 0. The maximum Gasteiger partial charge on any atom is 0.316 e. The molecular formula is C28H54O4S2. The van der Waals surface area contributed by atoms with Gasteiger partial charge in [0.25, 0.3) is 0 Å². The number of unbranched alkanes of at least 4 members (excludes halogenated alkanes) is 18. The average molecular weight is 519 g/mol. The molecule has 0 heterocycles. The topological polar surface area (TPSA) is 52.6 Å². The Morgan fingerprint density at radius 3 is 1.00 bits per heavy atom. The van der Waals surface area contributed by atoms with Crippen molar-refractivity contribution < 1.29 is 19.1 Å². The molecular weight excluding hydrogens is 464 g/mol. The third-order valence-electron chi connectivity index (χ3n) is 5.96. The van der Waals surface area contributed by atoms with Gasteiger partial charge in [0.05, 0.1) is 13.2 Å². The van der Waals surface area contributed by atoms with Gasteiger partial charge in [0, 0.05) is 0 Å². The standard InChI is InChI=1S/C28H54O4S2/c1-3-5-7-9-11-13-15-17-19-21-23-31-27(29)25-33-34-26-28(30)32-24-22-20-18-16-14-12-10-8-6-4-2/h3-26H2,1-2H3. The summed E-state index contributed by atoms with van der Waals surface area (Å²) in [5.74, 6) is 0.196. The van der Waals surface area contributed by atoms with Crippen molar-refractivity contribution in [1.29, 1.82) is 0 Å². The van der Waals surface area contributed by atoms with E-state index in [1.165, 1.54) is 124 Å². The van der Waals surface area contributed by atoms with Crippen molar-refractivity contribution in [3.05, 3.63) is 0 Å². The third kappa shape index (κ3) is 27.9. The summed E-state index contributed by atoms with van der Waals surface area (Å²) in [6.45, 7) is 5.53. The van der Waals surface area contributed by atoms with E-state index in [1.54, 1.807) is 0 Å². The molecule has 0 spiro atoms. The first-order valence-electron chi connectivity index (χ1n) is 14.3. The van der Waals surface area contributed by atoms with Crippen LogP contribution in [0.3, 0.4) is 0 Å². The second-order valence-corrected chi connectivity index (χ2v) is 11.8. The molecule has 0 rings (SSSR count). The van der Waals surface area contributed by atoms with Gasteiger partial charge in [0.2, 0.25) is 0 Å². The summed E-state index contributed by atoms with van der Waals surface area (Å²) in [4.78, 5) is 23.5. The molecule has 0 unspecified atom stereocenters. The molecule has 0 amide bonds. The van der Waals surface area contributed by atoms with Crippen LogP contribution in [0.15, 0.2) is 0 Å². The zero-order valence-electron chi connectivity index (χ0n) is 22.4. The highest BCUT2D eigenvalue weighted by Crippen LogP contribution is 2.21. The highest BCUT2D eigenvalue weighted by atomic mass is 33.1. The van der Waals surface area contributed by atoms with Crippen LogP contribution in [0.4, 0.5) is 0 Å². The minimum absolute atomic E-state index is 0.188. The number of carbonyl (C=O) groups excluding carboxylic acids is 2. The predicted octanol–water partition coefficient (Wildman–Crippen LogP) is 9.30. The maximum absolute atomic E-state index is 11.8. The molecule has 0 bridgehead atoms. The van der Waals surface area contributed by atoms with Crippen molar-refractivity contribution in [2.24, 2.45) is 0 Å². The summed E-state index contributed by atoms with van der Waals surface area (Å²) < 4.78 is 10.6. The van der Waals surface area contributed by atoms with E-state index in [4.69, 9.17) is 9.47 Å². The molecule has 202 valence electrons. The Bertz CT molecular complexity index is 406. The third-order valence-corrected chi connectivity index (χ3v) is 8.04. The van der Waals surface area contributed by atoms with Gasteiger partial charge >= 0.3 is 11.9 Å². The van der Waals surface area contributed by atoms with Crippen LogP contribution >= 0.6 is 21.6 Å². The molecule has 0 fully saturated rings. The highest BCUT2D eigenvalue weighted by Gasteiger charge is 2.07. The van der Waals surface area contributed by atoms with Crippen molar-refractivity contribution in [3.63, 3.8) is 0 Å². The molecule has 0 radical (unpaired) electrons. The van der Waals surface area contributed by atoms with Crippen molar-refractivity contribution >= 4 is 33.5 Å². The summed E-state index contributed by atoms with van der Waals surface area (Å²) in [7, 11) is 2.75. The van der Waals surface area contributed by atoms with Crippen LogP contribution in [-0.4, -0.2) is 36.7 Å². The highest BCUT2D eigenvalue weighted by molar-refractivity contribution is 8.77. The molecule has 0 aromatic rings. The first-order chi connectivity index (χ1) is 16.7. The number of hydrogen-bond donors (Lipinski definition) is 0. The molecule has 0 aliphatic rings. The molecule has 6 heteroatoms. The van der Waals surface area contributed by atoms with Gasteiger partial charge in [-0.15, -0.1) is 0 Å². The van der Waals surface area contributed by atoms with Crippen LogP contribution in [0.2, 0.25) is 0 Å². The first-order valence-corrected chi connectivity index (χ1v) is 16.7. The van der Waals surface area contributed by atoms with Gasteiger partial charge in [-0.2, -0.15) is 0 Å². The van der Waals surface area contributed by atoms with E-state index in [9.17, 15) is 9.59 Å². The molecule has 0 aromatic heterocycles. The zero-order valence-corrected chi connectivity index (χ0v) is 24.1. The summed E-state index contributed by atoms with van der Waals surface area (Å²) in [5, 5.41) is 0. The Balaban J connectivity index is 3.28. The van der Waals surface area contributed by atoms with Crippen LogP contribution in [-0.2, 0) is 19.1 Å². The SMILES string of the molecule is CCCCCCCCCCCCOC(=O)CSSCC(=O)OCCCCCCCCCCCC. The molecule has 34 heavy (non-hydrogen) atoms. The lowest BCUT2D eigenvalue weighted by molar-refractivity contribution is -0.141. The van der Waals surface area contributed by atoms with Crippen LogP contribution in [0, 0.1) is 0 Å². The minimum atomic E-state index is -0.188. The normalized spacial score (nSPS) is 11.0. The fraction of sp³-hybridized carbons (Fsp3) is 0.929. The van der Waals surface area contributed by atoms with Crippen molar-refractivity contribution in [2.75, 3.05) is 24.7 Å². The van der Waals surface area contributed by atoms with E-state index >= 15 is 0 Å². The number of ether oxygens (including phenoxy) is 2. The second kappa shape index (κ2) is 28.9. The van der Waals surface area contributed by atoms with Gasteiger partial charge in [0.1, 0.15) is 11.5 Å². The smallest absolute Gasteiger partial charge is 0.316 e. The summed E-state index contributed by atoms with van der Waals surface area (Å²) in [6.07, 6.45) is 25.5. The van der Waals surface area contributed by atoms with Gasteiger partial charge in [-0.3, -0.25) is 9.59 Å². The molecule has 0 N–H and O–H groups in total. The quantitative estimate of drug-likeness (QED) is 0.0613. The fourth-order valence-corrected chi connectivity index (χ4v) is 5.42. The molecule has 0 aliphatic carbocycles. The average Bonchev–Trinajstić information content (AvgIpc) is 2.83. The van der Waals surface area contributed by atoms with E-state index in [0.717, 1.165) is 25.7 Å². The van der Waals surface area contributed by atoms with Gasteiger partial charge < -0.3 is 9.47 Å². The summed E-state index contributed by atoms with van der Waals surface area (Å²) >= 11 is 0. The molecule has 0 aliphatic heterocycles. The number of carbonyl (C=O) groups is 2. The Hall–Kier alpha value is -0.360. The number of rotatable bonds is 27.